The zero-order valence-electron chi connectivity index (χ0n) is 11.0. The maximum absolute atomic E-state index is 13.9. The minimum absolute atomic E-state index is 0.312. The molecule has 1 atom stereocenters. The Kier molecular flexibility index (Phi) is 4.13. The molecule has 0 saturated carbocycles. The Balaban J connectivity index is 2.41. The smallest absolute Gasteiger partial charge is 0.314 e. The molecule has 110 valence electrons. The molecule has 0 saturated heterocycles. The second kappa shape index (κ2) is 5.84. The fourth-order valence-corrected chi connectivity index (χ4v) is 1.74. The lowest BCUT2D eigenvalue weighted by Gasteiger charge is -2.10. The summed E-state index contributed by atoms with van der Waals surface area (Å²) in [4.78, 5) is 10.0. The zero-order chi connectivity index (χ0) is 15.6. The molecule has 0 amide bonds. The molecule has 0 bridgehead atoms. The van der Waals surface area contributed by atoms with Crippen LogP contribution in [-0.2, 0) is 0 Å². The van der Waals surface area contributed by atoms with Crippen molar-refractivity contribution in [3.05, 3.63) is 63.7 Å². The largest absolute Gasteiger partial charge is 0.444 e. The van der Waals surface area contributed by atoms with Gasteiger partial charge in [0, 0.05) is 12.1 Å². The van der Waals surface area contributed by atoms with Gasteiger partial charge < -0.3 is 10.5 Å². The average molecular weight is 294 g/mol. The van der Waals surface area contributed by atoms with Gasteiger partial charge in [-0.1, -0.05) is 12.1 Å². The molecule has 2 N–H and O–H groups in total. The van der Waals surface area contributed by atoms with Crippen molar-refractivity contribution in [1.82, 2.24) is 0 Å². The van der Waals surface area contributed by atoms with Crippen molar-refractivity contribution in [2.75, 3.05) is 0 Å². The second-order valence-corrected chi connectivity index (χ2v) is 4.43. The van der Waals surface area contributed by atoms with Crippen molar-refractivity contribution in [1.29, 1.82) is 0 Å². The van der Waals surface area contributed by atoms with Crippen LogP contribution in [0.1, 0.15) is 18.5 Å². The molecule has 2 rings (SSSR count). The fourth-order valence-electron chi connectivity index (χ4n) is 1.74. The van der Waals surface area contributed by atoms with E-state index in [1.54, 1.807) is 6.92 Å². The van der Waals surface area contributed by atoms with Crippen LogP contribution in [0, 0.1) is 21.7 Å². The molecule has 0 aromatic heterocycles. The van der Waals surface area contributed by atoms with Gasteiger partial charge in [0.25, 0.3) is 0 Å². The molecular weight excluding hydrogens is 282 g/mol. The summed E-state index contributed by atoms with van der Waals surface area (Å²) < 4.78 is 32.6. The summed E-state index contributed by atoms with van der Waals surface area (Å²) in [5, 5.41) is 10.8. The fraction of sp³-hybridized carbons (Fsp3) is 0.143. The van der Waals surface area contributed by atoms with Gasteiger partial charge in [-0.25, -0.2) is 8.78 Å². The predicted octanol–water partition coefficient (Wildman–Crippen LogP) is 3.69. The van der Waals surface area contributed by atoms with Crippen LogP contribution in [0.3, 0.4) is 0 Å². The summed E-state index contributed by atoms with van der Waals surface area (Å²) >= 11 is 0. The van der Waals surface area contributed by atoms with Crippen LogP contribution in [0.25, 0.3) is 0 Å². The van der Waals surface area contributed by atoms with E-state index in [0.29, 0.717) is 5.56 Å². The first-order valence-corrected chi connectivity index (χ1v) is 6.06. The van der Waals surface area contributed by atoms with Gasteiger partial charge in [0.1, 0.15) is 0 Å². The standard InChI is InChI=1S/C14H12F2N2O3/c1-8(17)9-5-6-13(11(16)7-9)21-14-10(15)3-2-4-12(14)18(19)20/h2-8H,17H2,1H3/t8-/m0/s1. The number of ether oxygens (including phenoxy) is 1. The second-order valence-electron chi connectivity index (χ2n) is 4.43. The monoisotopic (exact) mass is 294 g/mol. The minimum Gasteiger partial charge on any atom is -0.444 e. The highest BCUT2D eigenvalue weighted by Crippen LogP contribution is 2.35. The summed E-state index contributed by atoms with van der Waals surface area (Å²) in [7, 11) is 0. The number of nitro benzene ring substituents is 1. The first-order chi connectivity index (χ1) is 9.90. The van der Waals surface area contributed by atoms with E-state index in [1.165, 1.54) is 18.2 Å². The van der Waals surface area contributed by atoms with E-state index in [9.17, 15) is 18.9 Å². The number of nitro groups is 1. The lowest BCUT2D eigenvalue weighted by atomic mass is 10.1. The van der Waals surface area contributed by atoms with Crippen LogP contribution in [0.4, 0.5) is 14.5 Å². The summed E-state index contributed by atoms with van der Waals surface area (Å²) in [5.74, 6) is -2.66. The average Bonchev–Trinajstić information content (AvgIpc) is 2.42. The van der Waals surface area contributed by atoms with Crippen LogP contribution in [0.5, 0.6) is 11.5 Å². The quantitative estimate of drug-likeness (QED) is 0.689. The van der Waals surface area contributed by atoms with Crippen molar-refractivity contribution in [3.8, 4) is 11.5 Å². The molecule has 0 radical (unpaired) electrons. The minimum atomic E-state index is -0.945. The third-order valence-corrected chi connectivity index (χ3v) is 2.84. The van der Waals surface area contributed by atoms with Gasteiger partial charge >= 0.3 is 5.69 Å². The van der Waals surface area contributed by atoms with Crippen LogP contribution in [-0.4, -0.2) is 4.92 Å². The highest BCUT2D eigenvalue weighted by atomic mass is 19.1. The SMILES string of the molecule is C[C@H](N)c1ccc(Oc2c(F)cccc2[N+](=O)[O-])c(F)c1. The molecule has 0 unspecified atom stereocenters. The highest BCUT2D eigenvalue weighted by molar-refractivity contribution is 5.49. The molecule has 0 aliphatic rings. The third-order valence-electron chi connectivity index (χ3n) is 2.84. The Morgan fingerprint density at radius 2 is 1.95 bits per heavy atom. The van der Waals surface area contributed by atoms with Crippen LogP contribution >= 0.6 is 0 Å². The van der Waals surface area contributed by atoms with Gasteiger partial charge in [-0.3, -0.25) is 10.1 Å². The number of hydrogen-bond acceptors (Lipinski definition) is 4. The van der Waals surface area contributed by atoms with E-state index >= 15 is 0 Å². The van der Waals surface area contributed by atoms with Crippen molar-refractivity contribution >= 4 is 5.69 Å². The number of nitrogens with two attached hydrogens (primary N) is 1. The number of nitrogens with zero attached hydrogens (tertiary/aromatic N) is 1. The van der Waals surface area contributed by atoms with Gasteiger partial charge in [-0.15, -0.1) is 0 Å². The molecule has 5 nitrogen and oxygen atoms in total. The van der Waals surface area contributed by atoms with Crippen molar-refractivity contribution < 1.29 is 18.4 Å². The van der Waals surface area contributed by atoms with Gasteiger partial charge in [-0.05, 0) is 30.7 Å². The summed E-state index contributed by atoms with van der Waals surface area (Å²) in [6, 6.07) is 6.78. The van der Waals surface area contributed by atoms with E-state index in [2.05, 4.69) is 0 Å². The summed E-state index contributed by atoms with van der Waals surface area (Å²) in [6.45, 7) is 1.68. The molecule has 2 aromatic rings. The molecule has 0 fully saturated rings. The number of benzene rings is 2. The lowest BCUT2D eigenvalue weighted by Crippen LogP contribution is -2.05. The van der Waals surface area contributed by atoms with E-state index in [4.69, 9.17) is 10.5 Å². The first-order valence-electron chi connectivity index (χ1n) is 6.06. The predicted molar refractivity (Wildman–Crippen MR) is 72.1 cm³/mol. The highest BCUT2D eigenvalue weighted by Gasteiger charge is 2.21. The molecule has 7 heteroatoms. The first kappa shape index (κ1) is 14.9. The number of halogens is 2. The van der Waals surface area contributed by atoms with E-state index in [-0.39, 0.29) is 11.8 Å². The summed E-state index contributed by atoms with van der Waals surface area (Å²) in [6.07, 6.45) is 0. The zero-order valence-corrected chi connectivity index (χ0v) is 11.0. The lowest BCUT2D eigenvalue weighted by molar-refractivity contribution is -0.385. The topological polar surface area (TPSA) is 78.4 Å². The van der Waals surface area contributed by atoms with Gasteiger partial charge in [0.2, 0.25) is 5.75 Å². The van der Waals surface area contributed by atoms with Gasteiger partial charge in [0.05, 0.1) is 4.92 Å². The maximum atomic E-state index is 13.9. The molecule has 0 aliphatic carbocycles. The molecule has 0 aliphatic heterocycles. The molecular formula is C14H12F2N2O3. The Bertz CT molecular complexity index is 690. The van der Waals surface area contributed by atoms with E-state index in [1.807, 2.05) is 0 Å². The maximum Gasteiger partial charge on any atom is 0.314 e. The Hall–Kier alpha value is -2.54. The number of rotatable bonds is 4. The molecule has 0 spiro atoms. The van der Waals surface area contributed by atoms with Crippen LogP contribution in [0.2, 0.25) is 0 Å². The van der Waals surface area contributed by atoms with Crippen molar-refractivity contribution in [3.63, 3.8) is 0 Å². The van der Waals surface area contributed by atoms with E-state index in [0.717, 1.165) is 18.2 Å². The van der Waals surface area contributed by atoms with E-state index < -0.39 is 28.0 Å². The molecule has 0 heterocycles. The number of hydrogen-bond donors (Lipinski definition) is 1. The Morgan fingerprint density at radius 3 is 2.52 bits per heavy atom. The number of para-hydroxylation sites is 1. The van der Waals surface area contributed by atoms with Crippen LogP contribution < -0.4 is 10.5 Å². The van der Waals surface area contributed by atoms with Crippen molar-refractivity contribution in [2.45, 2.75) is 13.0 Å². The van der Waals surface area contributed by atoms with Gasteiger partial charge in [-0.2, -0.15) is 0 Å². The summed E-state index contributed by atoms with van der Waals surface area (Å²) in [5.41, 5.74) is 5.57. The van der Waals surface area contributed by atoms with Crippen LogP contribution in [0.15, 0.2) is 36.4 Å². The van der Waals surface area contributed by atoms with Crippen molar-refractivity contribution in [2.24, 2.45) is 5.73 Å². The van der Waals surface area contributed by atoms with Gasteiger partial charge in [0.15, 0.2) is 17.4 Å². The third kappa shape index (κ3) is 3.14. The molecule has 2 aromatic carbocycles. The molecule has 21 heavy (non-hydrogen) atoms. The Labute approximate surface area is 119 Å². The Morgan fingerprint density at radius 1 is 1.24 bits per heavy atom. The normalized spacial score (nSPS) is 12.0.